The molecule has 1 aromatic carbocycles. The largest absolute Gasteiger partial charge is 0.494 e. The van der Waals surface area contributed by atoms with E-state index in [0.717, 1.165) is 40.6 Å². The molecule has 1 atom stereocenters. The highest BCUT2D eigenvalue weighted by Crippen LogP contribution is 2.38. The minimum absolute atomic E-state index is 0.0631. The molecule has 134 valence electrons. The third kappa shape index (κ3) is 3.06. The van der Waals surface area contributed by atoms with Crippen LogP contribution in [0.1, 0.15) is 12.0 Å². The summed E-state index contributed by atoms with van der Waals surface area (Å²) in [5.41, 5.74) is 2.13. The van der Waals surface area contributed by atoms with E-state index in [2.05, 4.69) is 17.9 Å². The van der Waals surface area contributed by atoms with E-state index in [1.54, 1.807) is 18.4 Å². The Hall–Kier alpha value is -1.86. The third-order valence-electron chi connectivity index (χ3n) is 5.04. The molecule has 7 heteroatoms. The molecule has 2 saturated heterocycles. The first kappa shape index (κ1) is 16.6. The molecule has 3 heterocycles. The van der Waals surface area contributed by atoms with Gasteiger partial charge in [0.05, 0.1) is 30.9 Å². The standard InChI is InChI=1S/C18H23N3O3S/c1-12-3-4-14(23-2)15-16(12)25-18(19-15)21-6-5-13(11-21)17(22)20-7-9-24-10-8-20/h3-4,13H,5-11H2,1-2H3. The van der Waals surface area contributed by atoms with Crippen molar-refractivity contribution in [3.05, 3.63) is 17.7 Å². The van der Waals surface area contributed by atoms with Gasteiger partial charge < -0.3 is 19.3 Å². The number of nitrogens with zero attached hydrogens (tertiary/aromatic N) is 3. The Bertz CT molecular complexity index is 785. The molecule has 6 nitrogen and oxygen atoms in total. The molecule has 2 aliphatic heterocycles. The van der Waals surface area contributed by atoms with Crippen molar-refractivity contribution in [3.8, 4) is 5.75 Å². The number of methoxy groups -OCH3 is 1. The van der Waals surface area contributed by atoms with Gasteiger partial charge in [0.25, 0.3) is 0 Å². The minimum atomic E-state index is 0.0631. The van der Waals surface area contributed by atoms with Crippen molar-refractivity contribution in [1.82, 2.24) is 9.88 Å². The molecular weight excluding hydrogens is 338 g/mol. The summed E-state index contributed by atoms with van der Waals surface area (Å²) < 4.78 is 12.0. The maximum absolute atomic E-state index is 12.7. The number of amides is 1. The zero-order valence-corrected chi connectivity index (χ0v) is 15.5. The van der Waals surface area contributed by atoms with Crippen molar-refractivity contribution in [2.24, 2.45) is 5.92 Å². The van der Waals surface area contributed by atoms with Crippen LogP contribution < -0.4 is 9.64 Å². The number of hydrogen-bond acceptors (Lipinski definition) is 6. The van der Waals surface area contributed by atoms with Crippen molar-refractivity contribution < 1.29 is 14.3 Å². The van der Waals surface area contributed by atoms with E-state index in [1.165, 1.54) is 5.56 Å². The second-order valence-corrected chi connectivity index (χ2v) is 7.61. The number of ether oxygens (including phenoxy) is 2. The Kier molecular flexibility index (Phi) is 4.52. The molecule has 1 amide bonds. The third-order valence-corrected chi connectivity index (χ3v) is 6.29. The van der Waals surface area contributed by atoms with E-state index < -0.39 is 0 Å². The fourth-order valence-corrected chi connectivity index (χ4v) is 4.66. The first-order chi connectivity index (χ1) is 12.2. The molecule has 0 spiro atoms. The summed E-state index contributed by atoms with van der Waals surface area (Å²) >= 11 is 1.69. The number of hydrogen-bond donors (Lipinski definition) is 0. The molecule has 0 bridgehead atoms. The number of aryl methyl sites for hydroxylation is 1. The fraction of sp³-hybridized carbons (Fsp3) is 0.556. The number of rotatable bonds is 3. The lowest BCUT2D eigenvalue weighted by atomic mass is 10.1. The summed E-state index contributed by atoms with van der Waals surface area (Å²) in [6, 6.07) is 4.04. The zero-order chi connectivity index (χ0) is 17.4. The maximum Gasteiger partial charge on any atom is 0.227 e. The fourth-order valence-electron chi connectivity index (χ4n) is 3.58. The van der Waals surface area contributed by atoms with Gasteiger partial charge in [0.1, 0.15) is 11.3 Å². The molecule has 1 aromatic heterocycles. The van der Waals surface area contributed by atoms with Gasteiger partial charge >= 0.3 is 0 Å². The SMILES string of the molecule is COc1ccc(C)c2sc(N3CCC(C(=O)N4CCOCC4)C3)nc12. The van der Waals surface area contributed by atoms with Crippen LogP contribution in [0, 0.1) is 12.8 Å². The van der Waals surface area contributed by atoms with Crippen LogP contribution in [0.2, 0.25) is 0 Å². The maximum atomic E-state index is 12.7. The van der Waals surface area contributed by atoms with Crippen LogP contribution in [0.15, 0.2) is 12.1 Å². The number of thiazole rings is 1. The van der Waals surface area contributed by atoms with Gasteiger partial charge in [0, 0.05) is 26.2 Å². The van der Waals surface area contributed by atoms with E-state index in [0.29, 0.717) is 26.3 Å². The van der Waals surface area contributed by atoms with Crippen molar-refractivity contribution in [1.29, 1.82) is 0 Å². The van der Waals surface area contributed by atoms with E-state index in [4.69, 9.17) is 14.5 Å². The van der Waals surface area contributed by atoms with Gasteiger partial charge in [-0.25, -0.2) is 4.98 Å². The lowest BCUT2D eigenvalue weighted by Gasteiger charge is -2.29. The average molecular weight is 361 g/mol. The molecular formula is C18H23N3O3S. The van der Waals surface area contributed by atoms with Crippen molar-refractivity contribution in [3.63, 3.8) is 0 Å². The van der Waals surface area contributed by atoms with Crippen molar-refractivity contribution >= 4 is 32.6 Å². The van der Waals surface area contributed by atoms with Crippen LogP contribution in [0.4, 0.5) is 5.13 Å². The number of morpholine rings is 1. The van der Waals surface area contributed by atoms with Gasteiger partial charge in [0.2, 0.25) is 5.91 Å². The minimum Gasteiger partial charge on any atom is -0.494 e. The lowest BCUT2D eigenvalue weighted by Crippen LogP contribution is -2.44. The van der Waals surface area contributed by atoms with Crippen LogP contribution >= 0.6 is 11.3 Å². The van der Waals surface area contributed by atoms with Crippen LogP contribution in [0.3, 0.4) is 0 Å². The summed E-state index contributed by atoms with van der Waals surface area (Å²) in [5, 5.41) is 0.986. The molecule has 0 N–H and O–H groups in total. The topological polar surface area (TPSA) is 54.9 Å². The molecule has 25 heavy (non-hydrogen) atoms. The van der Waals surface area contributed by atoms with E-state index in [-0.39, 0.29) is 11.8 Å². The van der Waals surface area contributed by atoms with Gasteiger partial charge in [-0.2, -0.15) is 0 Å². The predicted octanol–water partition coefficient (Wildman–Crippen LogP) is 2.30. The first-order valence-corrected chi connectivity index (χ1v) is 9.54. The number of carbonyl (C=O) groups is 1. The Morgan fingerprint density at radius 3 is 2.88 bits per heavy atom. The number of anilines is 1. The zero-order valence-electron chi connectivity index (χ0n) is 14.7. The van der Waals surface area contributed by atoms with Gasteiger partial charge in [-0.3, -0.25) is 4.79 Å². The number of aromatic nitrogens is 1. The molecule has 0 radical (unpaired) electrons. The summed E-state index contributed by atoms with van der Waals surface area (Å²) in [6.45, 7) is 6.45. The predicted molar refractivity (Wildman–Crippen MR) is 98.6 cm³/mol. The van der Waals surface area contributed by atoms with E-state index in [9.17, 15) is 4.79 Å². The summed E-state index contributed by atoms with van der Waals surface area (Å²) in [7, 11) is 1.68. The summed E-state index contributed by atoms with van der Waals surface area (Å²) in [6.07, 6.45) is 0.891. The van der Waals surface area contributed by atoms with Gasteiger partial charge in [-0.05, 0) is 25.0 Å². The highest BCUT2D eigenvalue weighted by Gasteiger charge is 2.33. The molecule has 4 rings (SSSR count). The van der Waals surface area contributed by atoms with Crippen LogP contribution in [-0.4, -0.2) is 62.3 Å². The number of fused-ring (bicyclic) bond motifs is 1. The molecule has 2 aromatic rings. The van der Waals surface area contributed by atoms with Crippen LogP contribution in [0.25, 0.3) is 10.2 Å². The Morgan fingerprint density at radius 1 is 1.32 bits per heavy atom. The first-order valence-electron chi connectivity index (χ1n) is 8.73. The second kappa shape index (κ2) is 6.80. The lowest BCUT2D eigenvalue weighted by molar-refractivity contribution is -0.138. The molecule has 2 fully saturated rings. The Labute approximate surface area is 151 Å². The van der Waals surface area contributed by atoms with Crippen molar-refractivity contribution in [2.45, 2.75) is 13.3 Å². The van der Waals surface area contributed by atoms with Crippen LogP contribution in [-0.2, 0) is 9.53 Å². The highest BCUT2D eigenvalue weighted by atomic mass is 32.1. The Balaban J connectivity index is 1.52. The normalized spacial score (nSPS) is 21.1. The van der Waals surface area contributed by atoms with E-state index >= 15 is 0 Å². The summed E-state index contributed by atoms with van der Waals surface area (Å²) in [4.78, 5) is 21.7. The van der Waals surface area contributed by atoms with Crippen LogP contribution in [0.5, 0.6) is 5.75 Å². The van der Waals surface area contributed by atoms with Crippen molar-refractivity contribution in [2.75, 3.05) is 51.4 Å². The van der Waals surface area contributed by atoms with Gasteiger partial charge in [-0.1, -0.05) is 17.4 Å². The monoisotopic (exact) mass is 361 g/mol. The quantitative estimate of drug-likeness (QED) is 0.840. The van der Waals surface area contributed by atoms with E-state index in [1.807, 2.05) is 11.0 Å². The smallest absolute Gasteiger partial charge is 0.227 e. The van der Waals surface area contributed by atoms with Gasteiger partial charge in [-0.15, -0.1) is 0 Å². The Morgan fingerprint density at radius 2 is 2.12 bits per heavy atom. The van der Waals surface area contributed by atoms with Gasteiger partial charge in [0.15, 0.2) is 5.13 Å². The molecule has 0 saturated carbocycles. The second-order valence-electron chi connectivity index (χ2n) is 6.63. The highest BCUT2D eigenvalue weighted by molar-refractivity contribution is 7.22. The molecule has 1 unspecified atom stereocenters. The molecule has 0 aliphatic carbocycles. The number of carbonyl (C=O) groups excluding carboxylic acids is 1. The summed E-state index contributed by atoms with van der Waals surface area (Å²) in [5.74, 6) is 1.14. The molecule has 2 aliphatic rings. The number of benzene rings is 1. The average Bonchev–Trinajstić information content (AvgIpc) is 3.30.